The molecule has 0 atom stereocenters. The first-order chi connectivity index (χ1) is 17.2. The Balaban J connectivity index is 4.43. The molecular weight excluding hydrogens is 434 g/mol. The summed E-state index contributed by atoms with van der Waals surface area (Å²) in [5.74, 6) is 0. The van der Waals surface area contributed by atoms with E-state index in [4.69, 9.17) is 14.2 Å². The molecule has 0 fully saturated rings. The van der Waals surface area contributed by atoms with Crippen LogP contribution in [0.5, 0.6) is 0 Å². The third-order valence-corrected chi connectivity index (χ3v) is 7.17. The van der Waals surface area contributed by atoms with Gasteiger partial charge in [-0.25, -0.2) is 0 Å². The van der Waals surface area contributed by atoms with E-state index in [0.717, 1.165) is 59.3 Å². The molecule has 0 aliphatic heterocycles. The van der Waals surface area contributed by atoms with Crippen LogP contribution in [-0.4, -0.2) is 64.2 Å². The molecule has 0 saturated carbocycles. The monoisotopic (exact) mass is 499 g/mol. The van der Waals surface area contributed by atoms with Gasteiger partial charge in [-0.3, -0.25) is 0 Å². The molecule has 0 N–H and O–H groups in total. The molecule has 0 rings (SSSR count). The van der Waals surface area contributed by atoms with Gasteiger partial charge in [0.1, 0.15) is 0 Å². The molecule has 0 unspecified atom stereocenters. The number of ether oxygens (including phenoxy) is 3. The van der Waals surface area contributed by atoms with Crippen LogP contribution in [0.2, 0.25) is 0 Å². The van der Waals surface area contributed by atoms with Gasteiger partial charge in [0.2, 0.25) is 0 Å². The van der Waals surface area contributed by atoms with Crippen molar-refractivity contribution in [3.05, 3.63) is 0 Å². The van der Waals surface area contributed by atoms with Gasteiger partial charge >= 0.3 is 0 Å². The number of hydrogen-bond acceptors (Lipinski definition) is 4. The Morgan fingerprint density at radius 2 is 0.829 bits per heavy atom. The topological polar surface area (TPSA) is 30.9 Å². The van der Waals surface area contributed by atoms with E-state index in [1.165, 1.54) is 103 Å². The predicted molar refractivity (Wildman–Crippen MR) is 154 cm³/mol. The summed E-state index contributed by atoms with van der Waals surface area (Å²) in [6.07, 6.45) is 21.4. The zero-order valence-corrected chi connectivity index (χ0v) is 24.8. The maximum Gasteiger partial charge on any atom is 0.0579 e. The van der Waals surface area contributed by atoms with Crippen LogP contribution in [0.25, 0.3) is 0 Å². The molecule has 0 aromatic carbocycles. The van der Waals surface area contributed by atoms with Crippen LogP contribution in [0, 0.1) is 5.41 Å². The Kier molecular flexibility index (Phi) is 26.8. The quantitative estimate of drug-likeness (QED) is 0.0963. The van der Waals surface area contributed by atoms with Crippen molar-refractivity contribution in [2.24, 2.45) is 5.41 Å². The highest BCUT2D eigenvalue weighted by Crippen LogP contribution is 2.23. The van der Waals surface area contributed by atoms with Crippen molar-refractivity contribution in [1.82, 2.24) is 4.90 Å². The highest BCUT2D eigenvalue weighted by molar-refractivity contribution is 4.83. The second-order valence-electron chi connectivity index (χ2n) is 10.7. The van der Waals surface area contributed by atoms with Crippen molar-refractivity contribution in [2.75, 3.05) is 59.3 Å². The van der Waals surface area contributed by atoms with Gasteiger partial charge in [0, 0.05) is 26.4 Å². The van der Waals surface area contributed by atoms with Crippen LogP contribution < -0.4 is 0 Å². The van der Waals surface area contributed by atoms with Crippen LogP contribution in [-0.2, 0) is 14.2 Å². The van der Waals surface area contributed by atoms with Gasteiger partial charge in [-0.1, -0.05) is 118 Å². The fraction of sp³-hybridized carbons (Fsp3) is 1.00. The van der Waals surface area contributed by atoms with Crippen LogP contribution in [0.15, 0.2) is 0 Å². The number of nitrogens with zero attached hydrogens (tertiary/aromatic N) is 1. The van der Waals surface area contributed by atoms with Crippen LogP contribution in [0.3, 0.4) is 0 Å². The van der Waals surface area contributed by atoms with Gasteiger partial charge in [0.25, 0.3) is 0 Å². The SMILES string of the molecule is CCCCCCCCCCOCC(COCC)(COCCCCCCCCCC)CN(CC)CC. The van der Waals surface area contributed by atoms with Crippen molar-refractivity contribution in [2.45, 2.75) is 137 Å². The molecule has 0 amide bonds. The highest BCUT2D eigenvalue weighted by atomic mass is 16.5. The lowest BCUT2D eigenvalue weighted by Crippen LogP contribution is -2.47. The van der Waals surface area contributed by atoms with Crippen molar-refractivity contribution in [3.8, 4) is 0 Å². The fourth-order valence-corrected chi connectivity index (χ4v) is 4.76. The van der Waals surface area contributed by atoms with Crippen LogP contribution in [0.1, 0.15) is 137 Å². The van der Waals surface area contributed by atoms with Crippen LogP contribution in [0.4, 0.5) is 0 Å². The van der Waals surface area contributed by atoms with E-state index >= 15 is 0 Å². The minimum atomic E-state index is -0.0810. The molecule has 4 heteroatoms. The summed E-state index contributed by atoms with van der Waals surface area (Å²) < 4.78 is 18.6. The zero-order valence-electron chi connectivity index (χ0n) is 24.8. The molecule has 0 aromatic rings. The Morgan fingerprint density at radius 3 is 1.20 bits per heavy atom. The number of hydrogen-bond donors (Lipinski definition) is 0. The molecule has 212 valence electrons. The second kappa shape index (κ2) is 26.9. The van der Waals surface area contributed by atoms with E-state index in [1.807, 2.05) is 0 Å². The molecule has 0 radical (unpaired) electrons. The summed E-state index contributed by atoms with van der Waals surface area (Å²) >= 11 is 0. The molecule has 0 aromatic heterocycles. The van der Waals surface area contributed by atoms with Crippen molar-refractivity contribution < 1.29 is 14.2 Å². The van der Waals surface area contributed by atoms with Crippen molar-refractivity contribution in [1.29, 1.82) is 0 Å². The van der Waals surface area contributed by atoms with Gasteiger partial charge in [-0.05, 0) is 32.9 Å². The maximum absolute atomic E-state index is 6.29. The second-order valence-corrected chi connectivity index (χ2v) is 10.7. The number of rotatable bonds is 29. The van der Waals surface area contributed by atoms with E-state index in [9.17, 15) is 0 Å². The van der Waals surface area contributed by atoms with E-state index in [0.29, 0.717) is 0 Å². The molecule has 0 saturated heterocycles. The van der Waals surface area contributed by atoms with Gasteiger partial charge < -0.3 is 19.1 Å². The lowest BCUT2D eigenvalue weighted by molar-refractivity contribution is -0.0817. The minimum Gasteiger partial charge on any atom is -0.381 e. The molecule has 4 nitrogen and oxygen atoms in total. The van der Waals surface area contributed by atoms with Gasteiger partial charge in [0.15, 0.2) is 0 Å². The Hall–Kier alpha value is -0.160. The summed E-state index contributed by atoms with van der Waals surface area (Å²) in [6, 6.07) is 0. The third-order valence-electron chi connectivity index (χ3n) is 7.17. The highest BCUT2D eigenvalue weighted by Gasteiger charge is 2.33. The first kappa shape index (κ1) is 34.8. The molecular formula is C31H65NO3. The average Bonchev–Trinajstić information content (AvgIpc) is 2.88. The minimum absolute atomic E-state index is 0.0810. The summed E-state index contributed by atoms with van der Waals surface area (Å²) in [5.41, 5.74) is -0.0810. The van der Waals surface area contributed by atoms with Gasteiger partial charge in [-0.2, -0.15) is 0 Å². The first-order valence-electron chi connectivity index (χ1n) is 15.6. The molecule has 35 heavy (non-hydrogen) atoms. The lowest BCUT2D eigenvalue weighted by Gasteiger charge is -2.37. The Labute approximate surface area is 221 Å². The largest absolute Gasteiger partial charge is 0.381 e. The molecule has 0 spiro atoms. The lowest BCUT2D eigenvalue weighted by atomic mass is 9.90. The fourth-order valence-electron chi connectivity index (χ4n) is 4.76. The van der Waals surface area contributed by atoms with Crippen LogP contribution >= 0.6 is 0 Å². The summed E-state index contributed by atoms with van der Waals surface area (Å²) in [5, 5.41) is 0. The Morgan fingerprint density at radius 1 is 0.457 bits per heavy atom. The average molecular weight is 500 g/mol. The van der Waals surface area contributed by atoms with E-state index in [-0.39, 0.29) is 5.41 Å². The molecule has 0 bridgehead atoms. The summed E-state index contributed by atoms with van der Waals surface area (Å²) in [7, 11) is 0. The smallest absolute Gasteiger partial charge is 0.0579 e. The summed E-state index contributed by atoms with van der Waals surface area (Å²) in [6.45, 7) is 18.9. The molecule has 0 aliphatic rings. The van der Waals surface area contributed by atoms with E-state index in [1.54, 1.807) is 0 Å². The van der Waals surface area contributed by atoms with Gasteiger partial charge in [-0.15, -0.1) is 0 Å². The standard InChI is InChI=1S/C31H65NO3/c1-6-11-13-15-17-19-21-23-25-34-29-31(28-33-10-5,27-32(8-3)9-4)30-35-26-24-22-20-18-16-14-12-7-2/h6-30H2,1-5H3. The summed E-state index contributed by atoms with van der Waals surface area (Å²) in [4.78, 5) is 2.50. The Bertz CT molecular complexity index is 377. The van der Waals surface area contributed by atoms with E-state index < -0.39 is 0 Å². The molecule has 0 aliphatic carbocycles. The third kappa shape index (κ3) is 21.6. The van der Waals surface area contributed by atoms with Gasteiger partial charge in [0.05, 0.1) is 25.2 Å². The zero-order chi connectivity index (χ0) is 25.9. The normalized spacial score (nSPS) is 12.2. The van der Waals surface area contributed by atoms with E-state index in [2.05, 4.69) is 39.5 Å². The molecule has 0 heterocycles. The maximum atomic E-state index is 6.29. The first-order valence-corrected chi connectivity index (χ1v) is 15.6. The number of unbranched alkanes of at least 4 members (excludes halogenated alkanes) is 14. The van der Waals surface area contributed by atoms with Crippen molar-refractivity contribution in [3.63, 3.8) is 0 Å². The predicted octanol–water partition coefficient (Wildman–Crippen LogP) is 8.67. The van der Waals surface area contributed by atoms with Crippen molar-refractivity contribution >= 4 is 0 Å².